The van der Waals surface area contributed by atoms with Crippen LogP contribution in [0.25, 0.3) is 0 Å². The molecule has 128 valence electrons. The van der Waals surface area contributed by atoms with Crippen molar-refractivity contribution in [1.29, 1.82) is 0 Å². The number of benzene rings is 1. The molecule has 0 spiro atoms. The predicted molar refractivity (Wildman–Crippen MR) is 99.3 cm³/mol. The first-order valence-corrected chi connectivity index (χ1v) is 9.92. The van der Waals surface area contributed by atoms with E-state index in [1.165, 1.54) is 19.3 Å². The minimum atomic E-state index is -0.116. The molecule has 2 aromatic rings. The lowest BCUT2D eigenvalue weighted by Gasteiger charge is -2.26. The maximum Gasteiger partial charge on any atom is 0.184 e. The van der Waals surface area contributed by atoms with E-state index in [1.807, 2.05) is 24.3 Å². The Bertz CT molecular complexity index is 691. The van der Waals surface area contributed by atoms with Crippen LogP contribution in [0.15, 0.2) is 29.6 Å². The van der Waals surface area contributed by atoms with E-state index in [9.17, 15) is 0 Å². The number of thiol groups is 1. The van der Waals surface area contributed by atoms with Crippen LogP contribution in [-0.2, 0) is 6.54 Å². The van der Waals surface area contributed by atoms with Crippen molar-refractivity contribution >= 4 is 24.0 Å². The van der Waals surface area contributed by atoms with Gasteiger partial charge in [-0.2, -0.15) is 12.6 Å². The Hall–Kier alpha value is -1.24. The second-order valence-corrected chi connectivity index (χ2v) is 8.06. The Labute approximate surface area is 152 Å². The average molecular weight is 363 g/mol. The summed E-state index contributed by atoms with van der Waals surface area (Å²) >= 11 is 6.26. The summed E-state index contributed by atoms with van der Waals surface area (Å²) in [5, 5.41) is 7.26. The lowest BCUT2D eigenvalue weighted by molar-refractivity contribution is 0.0909. The van der Waals surface area contributed by atoms with Crippen molar-refractivity contribution in [3.8, 4) is 11.5 Å². The van der Waals surface area contributed by atoms with Crippen molar-refractivity contribution in [2.75, 3.05) is 6.61 Å². The molecule has 0 amide bonds. The van der Waals surface area contributed by atoms with E-state index in [0.29, 0.717) is 17.9 Å². The third-order valence-electron chi connectivity index (χ3n) is 4.57. The van der Waals surface area contributed by atoms with Gasteiger partial charge in [0.05, 0.1) is 5.69 Å². The van der Waals surface area contributed by atoms with Crippen molar-refractivity contribution in [1.82, 2.24) is 10.3 Å². The van der Waals surface area contributed by atoms with E-state index < -0.39 is 0 Å². The standard InChI is InChI=1S/C18H22N2O2S2/c23-14-5-3-4-12(8-14)19-9-13-11-24-18(20-13)17-10-21-15-6-1-2-7-16(15)22-17/h1-2,6-7,11-12,14,17,19,23H,3-5,8-10H2. The van der Waals surface area contributed by atoms with Crippen molar-refractivity contribution in [2.24, 2.45) is 0 Å². The Morgan fingerprint density at radius 2 is 2.12 bits per heavy atom. The number of fused-ring (bicyclic) bond motifs is 1. The van der Waals surface area contributed by atoms with E-state index in [2.05, 4.69) is 23.3 Å². The molecule has 1 aromatic carbocycles. The zero-order chi connectivity index (χ0) is 16.4. The highest BCUT2D eigenvalue weighted by atomic mass is 32.1. The number of hydrogen-bond acceptors (Lipinski definition) is 6. The first kappa shape index (κ1) is 16.2. The highest BCUT2D eigenvalue weighted by Crippen LogP contribution is 2.36. The third kappa shape index (κ3) is 3.71. The van der Waals surface area contributed by atoms with Crippen LogP contribution < -0.4 is 14.8 Å². The van der Waals surface area contributed by atoms with Crippen LogP contribution in [0.1, 0.15) is 42.5 Å². The summed E-state index contributed by atoms with van der Waals surface area (Å²) in [7, 11) is 0. The minimum absolute atomic E-state index is 0.116. The first-order chi connectivity index (χ1) is 11.8. The quantitative estimate of drug-likeness (QED) is 0.807. The van der Waals surface area contributed by atoms with Crippen LogP contribution in [-0.4, -0.2) is 22.9 Å². The molecule has 3 atom stereocenters. The van der Waals surface area contributed by atoms with Gasteiger partial charge < -0.3 is 14.8 Å². The van der Waals surface area contributed by atoms with E-state index in [-0.39, 0.29) is 6.10 Å². The van der Waals surface area contributed by atoms with Gasteiger partial charge in [0.1, 0.15) is 11.6 Å². The van der Waals surface area contributed by atoms with Gasteiger partial charge in [0, 0.05) is 23.2 Å². The van der Waals surface area contributed by atoms with Crippen LogP contribution >= 0.6 is 24.0 Å². The summed E-state index contributed by atoms with van der Waals surface area (Å²) in [4.78, 5) is 4.74. The van der Waals surface area contributed by atoms with Crippen LogP contribution in [0.5, 0.6) is 11.5 Å². The monoisotopic (exact) mass is 362 g/mol. The number of aromatic nitrogens is 1. The van der Waals surface area contributed by atoms with Gasteiger partial charge in [-0.05, 0) is 31.4 Å². The molecule has 3 unspecified atom stereocenters. The SMILES string of the molecule is SC1CCCC(NCc2csc(C3COc4ccccc4O3)n2)C1. The summed E-state index contributed by atoms with van der Waals surface area (Å²) in [6.07, 6.45) is 4.78. The summed E-state index contributed by atoms with van der Waals surface area (Å²) < 4.78 is 11.8. The largest absolute Gasteiger partial charge is 0.485 e. The molecular formula is C18H22N2O2S2. The van der Waals surface area contributed by atoms with Crippen LogP contribution in [0.3, 0.4) is 0 Å². The highest BCUT2D eigenvalue weighted by molar-refractivity contribution is 7.80. The van der Waals surface area contributed by atoms with Crippen LogP contribution in [0.4, 0.5) is 0 Å². The summed E-state index contributed by atoms with van der Waals surface area (Å²) in [6, 6.07) is 8.35. The Balaban J connectivity index is 1.35. The number of thiazole rings is 1. The van der Waals surface area contributed by atoms with Gasteiger partial charge in [0.2, 0.25) is 0 Å². The van der Waals surface area contributed by atoms with Gasteiger partial charge in [-0.1, -0.05) is 18.6 Å². The van der Waals surface area contributed by atoms with E-state index in [1.54, 1.807) is 11.3 Å². The van der Waals surface area contributed by atoms with Gasteiger partial charge >= 0.3 is 0 Å². The lowest BCUT2D eigenvalue weighted by atomic mass is 9.95. The molecule has 1 aliphatic heterocycles. The van der Waals surface area contributed by atoms with E-state index in [0.717, 1.165) is 35.2 Å². The number of nitrogens with zero attached hydrogens (tertiary/aromatic N) is 1. The van der Waals surface area contributed by atoms with Crippen molar-refractivity contribution in [3.05, 3.63) is 40.3 Å². The summed E-state index contributed by atoms with van der Waals surface area (Å²) in [6.45, 7) is 1.33. The highest BCUT2D eigenvalue weighted by Gasteiger charge is 2.25. The van der Waals surface area contributed by atoms with Gasteiger partial charge in [0.15, 0.2) is 17.6 Å². The van der Waals surface area contributed by atoms with Crippen molar-refractivity contribution in [2.45, 2.75) is 49.6 Å². The Morgan fingerprint density at radius 3 is 3.00 bits per heavy atom. The van der Waals surface area contributed by atoms with E-state index in [4.69, 9.17) is 14.5 Å². The molecule has 2 aliphatic rings. The molecule has 0 radical (unpaired) electrons. The van der Waals surface area contributed by atoms with E-state index >= 15 is 0 Å². The summed E-state index contributed by atoms with van der Waals surface area (Å²) in [5.41, 5.74) is 1.08. The molecule has 1 aliphatic carbocycles. The molecule has 4 nitrogen and oxygen atoms in total. The van der Waals surface area contributed by atoms with Crippen LogP contribution in [0, 0.1) is 0 Å². The maximum absolute atomic E-state index is 6.03. The number of hydrogen-bond donors (Lipinski definition) is 2. The van der Waals surface area contributed by atoms with Gasteiger partial charge in [-0.3, -0.25) is 0 Å². The average Bonchev–Trinajstić information content (AvgIpc) is 3.09. The predicted octanol–water partition coefficient (Wildman–Crippen LogP) is 3.99. The molecule has 1 saturated carbocycles. The van der Waals surface area contributed by atoms with Crippen molar-refractivity contribution < 1.29 is 9.47 Å². The topological polar surface area (TPSA) is 43.4 Å². The number of para-hydroxylation sites is 2. The smallest absolute Gasteiger partial charge is 0.184 e. The zero-order valence-corrected chi connectivity index (χ0v) is 15.2. The fourth-order valence-electron chi connectivity index (χ4n) is 3.29. The molecule has 1 aromatic heterocycles. The van der Waals surface area contributed by atoms with Crippen molar-refractivity contribution in [3.63, 3.8) is 0 Å². The molecule has 6 heteroatoms. The summed E-state index contributed by atoms with van der Waals surface area (Å²) in [5.74, 6) is 1.61. The molecule has 0 bridgehead atoms. The Morgan fingerprint density at radius 1 is 1.25 bits per heavy atom. The molecule has 4 rings (SSSR count). The molecular weight excluding hydrogens is 340 g/mol. The third-order valence-corrected chi connectivity index (χ3v) is 6.03. The first-order valence-electron chi connectivity index (χ1n) is 8.52. The molecule has 24 heavy (non-hydrogen) atoms. The Kier molecular flexibility index (Phi) is 4.96. The fourth-order valence-corrected chi connectivity index (χ4v) is 4.56. The fraction of sp³-hybridized carbons (Fsp3) is 0.500. The number of rotatable bonds is 4. The second-order valence-electron chi connectivity index (χ2n) is 6.44. The molecule has 2 heterocycles. The molecule has 1 fully saturated rings. The minimum Gasteiger partial charge on any atom is -0.485 e. The van der Waals surface area contributed by atoms with Gasteiger partial charge in [0.25, 0.3) is 0 Å². The maximum atomic E-state index is 6.03. The molecule has 1 N–H and O–H groups in total. The lowest BCUT2D eigenvalue weighted by Crippen LogP contribution is -2.34. The number of nitrogens with one attached hydrogen (secondary N) is 1. The normalized spacial score (nSPS) is 26.3. The second kappa shape index (κ2) is 7.33. The number of ether oxygens (including phenoxy) is 2. The zero-order valence-electron chi connectivity index (χ0n) is 13.5. The van der Waals surface area contributed by atoms with Gasteiger partial charge in [-0.25, -0.2) is 4.98 Å². The van der Waals surface area contributed by atoms with Crippen LogP contribution in [0.2, 0.25) is 0 Å². The van der Waals surface area contributed by atoms with Gasteiger partial charge in [-0.15, -0.1) is 11.3 Å². The molecule has 0 saturated heterocycles.